The molecule has 0 aromatic heterocycles. The number of hydrogen-bond acceptors (Lipinski definition) is 2. The van der Waals surface area contributed by atoms with E-state index in [1.54, 1.807) is 0 Å². The van der Waals surface area contributed by atoms with Gasteiger partial charge in [0.25, 0.3) is 0 Å². The van der Waals surface area contributed by atoms with Gasteiger partial charge in [-0.3, -0.25) is 0 Å². The fraction of sp³-hybridized carbons (Fsp3) is 0.111. The molecular formula is C54H41BN2. The van der Waals surface area contributed by atoms with Crippen LogP contribution < -0.4 is 20.6 Å². The summed E-state index contributed by atoms with van der Waals surface area (Å²) in [5.41, 5.74) is 24.5. The second-order valence-corrected chi connectivity index (χ2v) is 17.3. The maximum Gasteiger partial charge on any atom is 0.333 e. The maximum atomic E-state index is 2.67. The van der Waals surface area contributed by atoms with Crippen LogP contribution in [0.15, 0.2) is 176 Å². The first-order chi connectivity index (χ1) is 27.8. The first kappa shape index (κ1) is 32.6. The van der Waals surface area contributed by atoms with Gasteiger partial charge in [0.15, 0.2) is 0 Å². The van der Waals surface area contributed by atoms with Crippen LogP contribution in [0.2, 0.25) is 0 Å². The molecule has 1 aliphatic carbocycles. The van der Waals surface area contributed by atoms with Crippen LogP contribution in [0.5, 0.6) is 0 Å². The minimum atomic E-state index is -0.195. The molecule has 0 saturated heterocycles. The van der Waals surface area contributed by atoms with Crippen LogP contribution in [0.25, 0.3) is 44.5 Å². The van der Waals surface area contributed by atoms with Crippen LogP contribution in [0.3, 0.4) is 0 Å². The van der Waals surface area contributed by atoms with Crippen molar-refractivity contribution in [2.24, 2.45) is 0 Å². The van der Waals surface area contributed by atoms with Crippen LogP contribution in [-0.2, 0) is 10.8 Å². The summed E-state index contributed by atoms with van der Waals surface area (Å²) >= 11 is 0. The van der Waals surface area contributed by atoms with E-state index in [0.717, 1.165) is 0 Å². The number of rotatable bonds is 3. The Kier molecular flexibility index (Phi) is 6.58. The molecule has 57 heavy (non-hydrogen) atoms. The van der Waals surface area contributed by atoms with E-state index in [2.05, 4.69) is 213 Å². The van der Waals surface area contributed by atoms with Gasteiger partial charge < -0.3 is 9.71 Å². The zero-order valence-corrected chi connectivity index (χ0v) is 32.7. The lowest BCUT2D eigenvalue weighted by molar-refractivity contribution is 0.632. The normalized spacial score (nSPS) is 15.5. The topological polar surface area (TPSA) is 6.48 Å². The molecular weight excluding hydrogens is 687 g/mol. The third kappa shape index (κ3) is 4.32. The number of para-hydroxylation sites is 2. The monoisotopic (exact) mass is 728 g/mol. The van der Waals surface area contributed by atoms with E-state index in [1.807, 2.05) is 0 Å². The third-order valence-corrected chi connectivity index (χ3v) is 13.6. The predicted octanol–water partition coefficient (Wildman–Crippen LogP) is 12.7. The van der Waals surface area contributed by atoms with Gasteiger partial charge in [-0.25, -0.2) is 0 Å². The van der Waals surface area contributed by atoms with Gasteiger partial charge in [-0.2, -0.15) is 0 Å². The van der Waals surface area contributed by atoms with Gasteiger partial charge in [-0.05, 0) is 102 Å². The molecule has 2 nitrogen and oxygen atoms in total. The largest absolute Gasteiger partial charge is 0.376 e. The van der Waals surface area contributed by atoms with Gasteiger partial charge in [0.1, 0.15) is 0 Å². The van der Waals surface area contributed by atoms with Gasteiger partial charge in [0, 0.05) is 39.1 Å². The number of fused-ring (bicyclic) bond motifs is 10. The SMILES string of the molecule is CC1(C)c2ccccc2N2c3cc4c(c5c3B(c3cccc1c32)N(c1ccc(-c2ccccc2)cc1)c1cc(-c2ccccc2)ccc1-5)C(C)(C)c1ccccc1-4. The van der Waals surface area contributed by atoms with Crippen molar-refractivity contribution in [1.82, 2.24) is 0 Å². The molecule has 3 heterocycles. The fourth-order valence-corrected chi connectivity index (χ4v) is 11.0. The van der Waals surface area contributed by atoms with Crippen LogP contribution >= 0.6 is 0 Å². The lowest BCUT2D eigenvalue weighted by atomic mass is 9.42. The molecule has 3 heteroatoms. The Balaban J connectivity index is 1.23. The van der Waals surface area contributed by atoms with Crippen molar-refractivity contribution in [2.45, 2.75) is 38.5 Å². The predicted molar refractivity (Wildman–Crippen MR) is 241 cm³/mol. The Morgan fingerprint density at radius 3 is 1.79 bits per heavy atom. The van der Waals surface area contributed by atoms with E-state index >= 15 is 0 Å². The zero-order chi connectivity index (χ0) is 38.2. The van der Waals surface area contributed by atoms with Gasteiger partial charge in [0.2, 0.25) is 0 Å². The molecule has 0 bridgehead atoms. The summed E-state index contributed by atoms with van der Waals surface area (Å²) in [5, 5.41) is 0. The molecule has 3 aliphatic heterocycles. The highest BCUT2D eigenvalue weighted by atomic mass is 15.2. The van der Waals surface area contributed by atoms with Crippen LogP contribution in [0, 0.1) is 0 Å². The number of nitrogens with zero attached hydrogens (tertiary/aromatic N) is 2. The second kappa shape index (κ2) is 11.5. The van der Waals surface area contributed by atoms with E-state index in [9.17, 15) is 0 Å². The first-order valence-corrected chi connectivity index (χ1v) is 20.3. The minimum Gasteiger partial charge on any atom is -0.376 e. The standard InChI is InChI=1S/C54H41BN2/c1-53(2)43-22-13-14-25-46(43)56-48-33-41-39-20-11-12-21-42(39)54(3,4)50(41)49-40-31-28-37(35-18-9-6-10-19-35)32-47(40)57(55(51(48)49)45-24-15-23-44(53)52(45)56)38-29-26-36(27-30-38)34-16-7-5-8-17-34/h5-33H,1-4H3. The molecule has 8 aromatic carbocycles. The van der Waals surface area contributed by atoms with Gasteiger partial charge >= 0.3 is 6.85 Å². The summed E-state index contributed by atoms with van der Waals surface area (Å²) < 4.78 is 0. The summed E-state index contributed by atoms with van der Waals surface area (Å²) in [6.07, 6.45) is 0. The Morgan fingerprint density at radius 1 is 0.421 bits per heavy atom. The quantitative estimate of drug-likeness (QED) is 0.167. The Labute approximate surface area is 335 Å². The summed E-state index contributed by atoms with van der Waals surface area (Å²) in [5.74, 6) is 0. The molecule has 0 amide bonds. The van der Waals surface area contributed by atoms with Crippen molar-refractivity contribution in [1.29, 1.82) is 0 Å². The fourth-order valence-electron chi connectivity index (χ4n) is 11.0. The molecule has 0 unspecified atom stereocenters. The van der Waals surface area contributed by atoms with Crippen molar-refractivity contribution in [2.75, 3.05) is 9.71 Å². The second-order valence-electron chi connectivity index (χ2n) is 17.3. The van der Waals surface area contributed by atoms with Gasteiger partial charge in [-0.15, -0.1) is 0 Å². The highest BCUT2D eigenvalue weighted by Gasteiger charge is 2.52. The zero-order valence-electron chi connectivity index (χ0n) is 32.7. The van der Waals surface area contributed by atoms with Crippen molar-refractivity contribution in [3.63, 3.8) is 0 Å². The van der Waals surface area contributed by atoms with Crippen molar-refractivity contribution < 1.29 is 0 Å². The van der Waals surface area contributed by atoms with E-state index in [4.69, 9.17) is 0 Å². The van der Waals surface area contributed by atoms with Gasteiger partial charge in [0.05, 0.1) is 5.69 Å². The Morgan fingerprint density at radius 2 is 1.04 bits per heavy atom. The Bertz CT molecular complexity index is 2960. The molecule has 0 spiro atoms. The molecule has 0 radical (unpaired) electrons. The number of hydrogen-bond donors (Lipinski definition) is 0. The Hall–Kier alpha value is -6.58. The minimum absolute atomic E-state index is 0.0619. The van der Waals surface area contributed by atoms with Crippen molar-refractivity contribution in [3.8, 4) is 44.5 Å². The highest BCUT2D eigenvalue weighted by molar-refractivity contribution is 6.93. The highest BCUT2D eigenvalue weighted by Crippen LogP contribution is 2.60. The smallest absolute Gasteiger partial charge is 0.333 e. The maximum absolute atomic E-state index is 2.67. The number of benzene rings is 8. The first-order valence-electron chi connectivity index (χ1n) is 20.3. The molecule has 0 atom stereocenters. The van der Waals surface area contributed by atoms with E-state index in [-0.39, 0.29) is 17.7 Å². The summed E-state index contributed by atoms with van der Waals surface area (Å²) in [6.45, 7) is 9.63. The molecule has 270 valence electrons. The lowest BCUT2D eigenvalue weighted by Gasteiger charge is -2.51. The summed E-state index contributed by atoms with van der Waals surface area (Å²) in [4.78, 5) is 5.30. The molecule has 4 aliphatic rings. The average molecular weight is 729 g/mol. The van der Waals surface area contributed by atoms with Crippen LogP contribution in [0.1, 0.15) is 49.9 Å². The molecule has 0 fully saturated rings. The summed E-state index contributed by atoms with van der Waals surface area (Å²) in [7, 11) is 0. The van der Waals surface area contributed by atoms with E-state index in [0.29, 0.717) is 0 Å². The lowest BCUT2D eigenvalue weighted by Crippen LogP contribution is -2.63. The molecule has 12 rings (SSSR count). The third-order valence-electron chi connectivity index (χ3n) is 13.6. The molecule has 8 aromatic rings. The van der Waals surface area contributed by atoms with Crippen molar-refractivity contribution in [3.05, 3.63) is 198 Å². The van der Waals surface area contributed by atoms with Crippen LogP contribution in [0.4, 0.5) is 28.4 Å². The molecule has 0 saturated carbocycles. The van der Waals surface area contributed by atoms with Crippen molar-refractivity contribution >= 4 is 46.2 Å². The van der Waals surface area contributed by atoms with E-state index in [1.165, 1.54) is 106 Å². The van der Waals surface area contributed by atoms with Crippen LogP contribution in [-0.4, -0.2) is 6.85 Å². The number of anilines is 5. The average Bonchev–Trinajstić information content (AvgIpc) is 3.49. The molecule has 0 N–H and O–H groups in total. The summed E-state index contributed by atoms with van der Waals surface area (Å²) in [6, 6.07) is 66.1. The van der Waals surface area contributed by atoms with Gasteiger partial charge in [-0.1, -0.05) is 173 Å². The van der Waals surface area contributed by atoms with E-state index < -0.39 is 0 Å².